The van der Waals surface area contributed by atoms with E-state index in [1.165, 1.54) is 12.3 Å². The predicted molar refractivity (Wildman–Crippen MR) is 80.9 cm³/mol. The SMILES string of the molecule is Nc1cccc(Nc2ccnc3cc(C(F)(F)F)ccc23)c1. The summed E-state index contributed by atoms with van der Waals surface area (Å²) in [6.07, 6.45) is -2.91. The van der Waals surface area contributed by atoms with E-state index in [9.17, 15) is 13.2 Å². The summed E-state index contributed by atoms with van der Waals surface area (Å²) in [4.78, 5) is 4.01. The summed E-state index contributed by atoms with van der Waals surface area (Å²) in [5, 5.41) is 3.75. The third kappa shape index (κ3) is 2.81. The van der Waals surface area contributed by atoms with Gasteiger partial charge in [0.15, 0.2) is 0 Å². The van der Waals surface area contributed by atoms with Crippen molar-refractivity contribution in [3.63, 3.8) is 0 Å². The lowest BCUT2D eigenvalue weighted by molar-refractivity contribution is -0.137. The Morgan fingerprint density at radius 2 is 1.82 bits per heavy atom. The maximum absolute atomic E-state index is 12.8. The molecule has 0 spiro atoms. The summed E-state index contributed by atoms with van der Waals surface area (Å²) >= 11 is 0. The summed E-state index contributed by atoms with van der Waals surface area (Å²) in [6, 6.07) is 12.3. The number of benzene rings is 2. The van der Waals surface area contributed by atoms with Gasteiger partial charge in [0.25, 0.3) is 0 Å². The van der Waals surface area contributed by atoms with E-state index >= 15 is 0 Å². The Hall–Kier alpha value is -2.76. The van der Waals surface area contributed by atoms with E-state index in [-0.39, 0.29) is 5.52 Å². The van der Waals surface area contributed by atoms with E-state index in [4.69, 9.17) is 5.73 Å². The van der Waals surface area contributed by atoms with Crippen molar-refractivity contribution in [1.29, 1.82) is 0 Å². The third-order valence-corrected chi connectivity index (χ3v) is 3.24. The molecule has 112 valence electrons. The highest BCUT2D eigenvalue weighted by Gasteiger charge is 2.30. The molecule has 0 aliphatic heterocycles. The van der Waals surface area contributed by atoms with Gasteiger partial charge in [-0.05, 0) is 36.4 Å². The highest BCUT2D eigenvalue weighted by atomic mass is 19.4. The van der Waals surface area contributed by atoms with Crippen molar-refractivity contribution in [2.75, 3.05) is 11.1 Å². The van der Waals surface area contributed by atoms with E-state index in [1.54, 1.807) is 24.3 Å². The molecule has 0 aliphatic rings. The lowest BCUT2D eigenvalue weighted by Crippen LogP contribution is -2.04. The topological polar surface area (TPSA) is 50.9 Å². The summed E-state index contributed by atoms with van der Waals surface area (Å²) in [5.74, 6) is 0. The second kappa shape index (κ2) is 5.22. The molecule has 0 aliphatic carbocycles. The van der Waals surface area contributed by atoms with Crippen LogP contribution in [0.5, 0.6) is 0 Å². The number of hydrogen-bond acceptors (Lipinski definition) is 3. The molecule has 3 N–H and O–H groups in total. The number of aromatic nitrogens is 1. The molecule has 0 bridgehead atoms. The molecule has 0 unspecified atom stereocenters. The molecular weight excluding hydrogens is 291 g/mol. The smallest absolute Gasteiger partial charge is 0.399 e. The van der Waals surface area contributed by atoms with Gasteiger partial charge in [-0.2, -0.15) is 13.2 Å². The Bertz CT molecular complexity index is 828. The Balaban J connectivity index is 2.04. The number of rotatable bonds is 2. The molecule has 0 amide bonds. The average molecular weight is 303 g/mol. The standard InChI is InChI=1S/C16H12F3N3/c17-16(18,19)10-4-5-13-14(6-7-21-15(13)8-10)22-12-3-1-2-11(20)9-12/h1-9H,20H2,(H,21,22). The first-order valence-corrected chi connectivity index (χ1v) is 6.52. The van der Waals surface area contributed by atoms with Crippen LogP contribution in [0.3, 0.4) is 0 Å². The number of pyridine rings is 1. The molecule has 2 aromatic carbocycles. The van der Waals surface area contributed by atoms with E-state index in [0.29, 0.717) is 16.8 Å². The van der Waals surface area contributed by atoms with Crippen molar-refractivity contribution in [3.05, 3.63) is 60.3 Å². The van der Waals surface area contributed by atoms with Gasteiger partial charge in [0.1, 0.15) is 0 Å². The summed E-state index contributed by atoms with van der Waals surface area (Å²) in [5.41, 5.74) is 7.31. The number of alkyl halides is 3. The van der Waals surface area contributed by atoms with E-state index in [2.05, 4.69) is 10.3 Å². The van der Waals surface area contributed by atoms with Crippen LogP contribution >= 0.6 is 0 Å². The second-order valence-electron chi connectivity index (χ2n) is 4.84. The van der Waals surface area contributed by atoms with Gasteiger partial charge in [-0.3, -0.25) is 4.98 Å². The number of fused-ring (bicyclic) bond motifs is 1. The van der Waals surface area contributed by atoms with Gasteiger partial charge in [0, 0.05) is 28.6 Å². The maximum Gasteiger partial charge on any atom is 0.416 e. The molecule has 3 aromatic rings. The zero-order chi connectivity index (χ0) is 15.7. The van der Waals surface area contributed by atoms with Crippen LogP contribution in [-0.4, -0.2) is 4.98 Å². The first-order valence-electron chi connectivity index (χ1n) is 6.52. The molecule has 6 heteroatoms. The number of nitrogen functional groups attached to an aromatic ring is 1. The monoisotopic (exact) mass is 303 g/mol. The largest absolute Gasteiger partial charge is 0.416 e. The minimum atomic E-state index is -4.38. The van der Waals surface area contributed by atoms with Gasteiger partial charge < -0.3 is 11.1 Å². The normalized spacial score (nSPS) is 11.6. The van der Waals surface area contributed by atoms with Crippen LogP contribution in [0, 0.1) is 0 Å². The molecule has 0 saturated heterocycles. The molecule has 1 aromatic heterocycles. The molecule has 3 nitrogen and oxygen atoms in total. The summed E-state index contributed by atoms with van der Waals surface area (Å²) in [6.45, 7) is 0. The number of anilines is 3. The van der Waals surface area contributed by atoms with E-state index in [1.807, 2.05) is 6.07 Å². The number of nitrogens with zero attached hydrogens (tertiary/aromatic N) is 1. The van der Waals surface area contributed by atoms with Crippen molar-refractivity contribution < 1.29 is 13.2 Å². The van der Waals surface area contributed by atoms with Crippen LogP contribution in [-0.2, 0) is 6.18 Å². The van der Waals surface area contributed by atoms with Crippen molar-refractivity contribution in [1.82, 2.24) is 4.98 Å². The minimum Gasteiger partial charge on any atom is -0.399 e. The van der Waals surface area contributed by atoms with Gasteiger partial charge in [-0.25, -0.2) is 0 Å². The van der Waals surface area contributed by atoms with Crippen LogP contribution in [0.4, 0.5) is 30.2 Å². The fraction of sp³-hybridized carbons (Fsp3) is 0.0625. The predicted octanol–water partition coefficient (Wildman–Crippen LogP) is 4.58. The van der Waals surface area contributed by atoms with Crippen LogP contribution in [0.15, 0.2) is 54.7 Å². The first kappa shape index (κ1) is 14.2. The lowest BCUT2D eigenvalue weighted by Gasteiger charge is -2.12. The van der Waals surface area contributed by atoms with E-state index in [0.717, 1.165) is 17.8 Å². The zero-order valence-electron chi connectivity index (χ0n) is 11.4. The summed E-state index contributed by atoms with van der Waals surface area (Å²) < 4.78 is 38.3. The Labute approximate surface area is 124 Å². The number of nitrogens with two attached hydrogens (primary N) is 1. The van der Waals surface area contributed by atoms with Crippen LogP contribution < -0.4 is 11.1 Å². The molecule has 0 fully saturated rings. The second-order valence-corrected chi connectivity index (χ2v) is 4.84. The molecule has 0 radical (unpaired) electrons. The number of nitrogens with one attached hydrogen (secondary N) is 1. The lowest BCUT2D eigenvalue weighted by atomic mass is 10.1. The summed E-state index contributed by atoms with van der Waals surface area (Å²) in [7, 11) is 0. The zero-order valence-corrected chi connectivity index (χ0v) is 11.4. The Morgan fingerprint density at radius 1 is 1.00 bits per heavy atom. The molecule has 0 saturated carbocycles. The van der Waals surface area contributed by atoms with Crippen molar-refractivity contribution >= 4 is 28.0 Å². The highest BCUT2D eigenvalue weighted by molar-refractivity contribution is 5.93. The van der Waals surface area contributed by atoms with E-state index < -0.39 is 11.7 Å². The third-order valence-electron chi connectivity index (χ3n) is 3.24. The van der Waals surface area contributed by atoms with Crippen LogP contribution in [0.25, 0.3) is 10.9 Å². The van der Waals surface area contributed by atoms with Gasteiger partial charge in [0.2, 0.25) is 0 Å². The quantitative estimate of drug-likeness (QED) is 0.681. The molecule has 0 atom stereocenters. The fourth-order valence-corrected chi connectivity index (χ4v) is 2.21. The molecular formula is C16H12F3N3. The first-order chi connectivity index (χ1) is 10.4. The minimum absolute atomic E-state index is 0.281. The van der Waals surface area contributed by atoms with Gasteiger partial charge in [-0.1, -0.05) is 12.1 Å². The van der Waals surface area contributed by atoms with Gasteiger partial charge in [0.05, 0.1) is 11.1 Å². The highest BCUT2D eigenvalue weighted by Crippen LogP contribution is 2.33. The molecule has 22 heavy (non-hydrogen) atoms. The van der Waals surface area contributed by atoms with Crippen LogP contribution in [0.2, 0.25) is 0 Å². The van der Waals surface area contributed by atoms with Crippen molar-refractivity contribution in [2.24, 2.45) is 0 Å². The fourth-order valence-electron chi connectivity index (χ4n) is 2.21. The van der Waals surface area contributed by atoms with Gasteiger partial charge in [-0.15, -0.1) is 0 Å². The van der Waals surface area contributed by atoms with Crippen LogP contribution in [0.1, 0.15) is 5.56 Å². The van der Waals surface area contributed by atoms with Crippen molar-refractivity contribution in [2.45, 2.75) is 6.18 Å². The maximum atomic E-state index is 12.8. The number of hydrogen-bond donors (Lipinski definition) is 2. The van der Waals surface area contributed by atoms with Gasteiger partial charge >= 0.3 is 6.18 Å². The van der Waals surface area contributed by atoms with Crippen molar-refractivity contribution in [3.8, 4) is 0 Å². The Morgan fingerprint density at radius 3 is 2.55 bits per heavy atom. The average Bonchev–Trinajstić information content (AvgIpc) is 2.46. The molecule has 1 heterocycles. The number of halogens is 3. The Kier molecular flexibility index (Phi) is 3.36. The molecule has 3 rings (SSSR count).